The topological polar surface area (TPSA) is 244 Å². The molecule has 0 saturated carbocycles. The molecule has 0 fully saturated rings. The third kappa shape index (κ3) is 10.8. The van der Waals surface area contributed by atoms with Crippen molar-refractivity contribution in [3.05, 3.63) is 54.1 Å². The summed E-state index contributed by atoms with van der Waals surface area (Å²) in [4.78, 5) is 59.8. The van der Waals surface area contributed by atoms with Gasteiger partial charge in [-0.1, -0.05) is 30.3 Å². The van der Waals surface area contributed by atoms with Crippen molar-refractivity contribution in [2.24, 2.45) is 22.2 Å². The zero-order chi connectivity index (χ0) is 27.2. The maximum absolute atomic E-state index is 12.8. The van der Waals surface area contributed by atoms with Gasteiger partial charge in [-0.2, -0.15) is 0 Å². The van der Waals surface area contributed by atoms with Crippen molar-refractivity contribution in [1.82, 2.24) is 25.9 Å². The Morgan fingerprint density at radius 1 is 1.03 bits per heavy atom. The molecular weight excluding hydrogens is 482 g/mol. The van der Waals surface area contributed by atoms with Crippen LogP contribution in [0.15, 0.2) is 47.8 Å². The van der Waals surface area contributed by atoms with Crippen molar-refractivity contribution in [2.45, 2.75) is 43.8 Å². The van der Waals surface area contributed by atoms with Crippen LogP contribution in [0.3, 0.4) is 0 Å². The fraction of sp³-hybridized carbons (Fsp3) is 0.391. The van der Waals surface area contributed by atoms with Gasteiger partial charge in [0.25, 0.3) is 0 Å². The lowest BCUT2D eigenvalue weighted by Gasteiger charge is -2.21. The van der Waals surface area contributed by atoms with Crippen LogP contribution in [-0.4, -0.2) is 75.9 Å². The summed E-state index contributed by atoms with van der Waals surface area (Å²) in [7, 11) is 0. The molecule has 3 amide bonds. The Morgan fingerprint density at radius 3 is 2.38 bits per heavy atom. The number of imidazole rings is 1. The number of nitrogens with zero attached hydrogens (tertiary/aromatic N) is 2. The molecule has 1 heterocycles. The number of guanidine groups is 1. The maximum atomic E-state index is 12.8. The monoisotopic (exact) mass is 515 g/mol. The van der Waals surface area contributed by atoms with Crippen molar-refractivity contribution in [3.63, 3.8) is 0 Å². The van der Waals surface area contributed by atoms with Crippen molar-refractivity contribution in [2.75, 3.05) is 13.1 Å². The molecule has 0 radical (unpaired) electrons. The number of benzene rings is 1. The molecule has 3 atom stereocenters. The Balaban J connectivity index is 1.93. The van der Waals surface area contributed by atoms with Gasteiger partial charge in [-0.15, -0.1) is 0 Å². The SMILES string of the molecule is NC(N)=NCCCC(NC(=O)CNC(=O)C(Cc1cnc[nH]1)NC(=O)C(N)Cc1ccccc1)C(=O)O. The highest BCUT2D eigenvalue weighted by Gasteiger charge is 2.26. The van der Waals surface area contributed by atoms with Crippen LogP contribution in [0.4, 0.5) is 0 Å². The van der Waals surface area contributed by atoms with E-state index < -0.39 is 48.4 Å². The number of H-pyrrole nitrogens is 1. The van der Waals surface area contributed by atoms with Crippen LogP contribution >= 0.6 is 0 Å². The van der Waals surface area contributed by atoms with Crippen LogP contribution in [-0.2, 0) is 32.0 Å². The van der Waals surface area contributed by atoms with Gasteiger partial charge in [-0.05, 0) is 24.8 Å². The molecule has 1 aromatic heterocycles. The minimum atomic E-state index is -1.24. The van der Waals surface area contributed by atoms with Crippen molar-refractivity contribution < 1.29 is 24.3 Å². The number of amides is 3. The third-order valence-electron chi connectivity index (χ3n) is 5.25. The van der Waals surface area contributed by atoms with Crippen LogP contribution in [0.25, 0.3) is 0 Å². The molecule has 0 spiro atoms. The van der Waals surface area contributed by atoms with Crippen molar-refractivity contribution in [1.29, 1.82) is 0 Å². The number of carbonyl (C=O) groups excluding carboxylic acids is 3. The van der Waals surface area contributed by atoms with Gasteiger partial charge in [0.1, 0.15) is 12.1 Å². The number of aliphatic carboxylic acids is 1. The standard InChI is InChI=1S/C23H33N9O5/c24-16(9-14-5-2-1-3-6-14)20(34)32-18(10-15-11-27-13-30-15)21(35)29-12-19(33)31-17(22(36)37)7-4-8-28-23(25)26/h1-3,5-6,11,13,16-18H,4,7-10,12,24H2,(H,27,30)(H,29,35)(H,31,33)(H,32,34)(H,36,37)(H4,25,26,28). The molecule has 14 heteroatoms. The molecule has 0 aliphatic rings. The first-order valence-corrected chi connectivity index (χ1v) is 11.6. The summed E-state index contributed by atoms with van der Waals surface area (Å²) in [5.41, 5.74) is 17.9. The van der Waals surface area contributed by atoms with E-state index in [1.807, 2.05) is 30.3 Å². The van der Waals surface area contributed by atoms with Crippen LogP contribution in [0.5, 0.6) is 0 Å². The predicted octanol–water partition coefficient (Wildman–Crippen LogP) is -2.25. The Bertz CT molecular complexity index is 1060. The van der Waals surface area contributed by atoms with Crippen molar-refractivity contribution >= 4 is 29.7 Å². The fourth-order valence-corrected chi connectivity index (χ4v) is 3.36. The average Bonchev–Trinajstić information content (AvgIpc) is 3.37. The Kier molecular flexibility index (Phi) is 11.5. The number of aromatic amines is 1. The normalized spacial score (nSPS) is 13.0. The second-order valence-electron chi connectivity index (χ2n) is 8.26. The summed E-state index contributed by atoms with van der Waals surface area (Å²) >= 11 is 0. The van der Waals surface area contributed by atoms with Crippen LogP contribution in [0.2, 0.25) is 0 Å². The van der Waals surface area contributed by atoms with E-state index in [1.54, 1.807) is 0 Å². The molecule has 3 unspecified atom stereocenters. The number of hydrogen-bond donors (Lipinski definition) is 8. The zero-order valence-electron chi connectivity index (χ0n) is 20.2. The molecule has 0 aliphatic heterocycles. The van der Waals surface area contributed by atoms with E-state index in [1.165, 1.54) is 12.5 Å². The van der Waals surface area contributed by atoms with E-state index in [2.05, 4.69) is 30.9 Å². The van der Waals surface area contributed by atoms with Crippen LogP contribution in [0, 0.1) is 0 Å². The number of hydrogen-bond acceptors (Lipinski definition) is 7. The Labute approximate surface area is 213 Å². The number of carboxylic acids is 1. The molecule has 2 aromatic rings. The molecule has 2 rings (SSSR count). The van der Waals surface area contributed by atoms with Gasteiger partial charge in [-0.25, -0.2) is 9.78 Å². The van der Waals surface area contributed by atoms with Gasteiger partial charge < -0.3 is 43.2 Å². The third-order valence-corrected chi connectivity index (χ3v) is 5.25. The van der Waals surface area contributed by atoms with Crippen LogP contribution < -0.4 is 33.2 Å². The summed E-state index contributed by atoms with van der Waals surface area (Å²) in [5, 5.41) is 16.7. The highest BCUT2D eigenvalue weighted by molar-refractivity contribution is 5.92. The number of nitrogens with two attached hydrogens (primary N) is 3. The van der Waals surface area contributed by atoms with Crippen LogP contribution in [0.1, 0.15) is 24.1 Å². The van der Waals surface area contributed by atoms with Gasteiger partial charge in [0.15, 0.2) is 5.96 Å². The molecule has 14 nitrogen and oxygen atoms in total. The largest absolute Gasteiger partial charge is 0.480 e. The second-order valence-corrected chi connectivity index (χ2v) is 8.26. The first kappa shape index (κ1) is 28.8. The summed E-state index contributed by atoms with van der Waals surface area (Å²) < 4.78 is 0. The van der Waals surface area contributed by atoms with E-state index in [-0.39, 0.29) is 31.8 Å². The molecule has 0 bridgehead atoms. The van der Waals surface area contributed by atoms with E-state index in [9.17, 15) is 24.3 Å². The second kappa shape index (κ2) is 14.8. The minimum Gasteiger partial charge on any atom is -0.480 e. The predicted molar refractivity (Wildman–Crippen MR) is 135 cm³/mol. The first-order valence-electron chi connectivity index (χ1n) is 11.6. The average molecular weight is 516 g/mol. The maximum Gasteiger partial charge on any atom is 0.326 e. The molecule has 37 heavy (non-hydrogen) atoms. The van der Waals surface area contributed by atoms with E-state index in [0.29, 0.717) is 12.1 Å². The van der Waals surface area contributed by atoms with E-state index in [4.69, 9.17) is 17.2 Å². The van der Waals surface area contributed by atoms with Gasteiger partial charge in [-0.3, -0.25) is 19.4 Å². The lowest BCUT2D eigenvalue weighted by Crippen LogP contribution is -2.54. The molecule has 200 valence electrons. The number of aromatic nitrogens is 2. The number of rotatable bonds is 15. The molecule has 11 N–H and O–H groups in total. The van der Waals surface area contributed by atoms with E-state index in [0.717, 1.165) is 5.56 Å². The number of carboxylic acid groups (broad SMARTS) is 1. The fourth-order valence-electron chi connectivity index (χ4n) is 3.36. The quantitative estimate of drug-likeness (QED) is 0.0724. The Hall–Kier alpha value is -4.46. The lowest BCUT2D eigenvalue weighted by molar-refractivity contribution is -0.142. The summed E-state index contributed by atoms with van der Waals surface area (Å²) in [5.74, 6) is -3.25. The van der Waals surface area contributed by atoms with Gasteiger partial charge >= 0.3 is 5.97 Å². The molecule has 0 saturated heterocycles. The number of nitrogens with one attached hydrogen (secondary N) is 4. The number of aliphatic imine (C=N–C) groups is 1. The smallest absolute Gasteiger partial charge is 0.326 e. The molecular formula is C23H33N9O5. The summed E-state index contributed by atoms with van der Waals surface area (Å²) in [6.07, 6.45) is 3.68. The first-order chi connectivity index (χ1) is 17.7. The van der Waals surface area contributed by atoms with Crippen molar-refractivity contribution in [3.8, 4) is 0 Å². The molecule has 1 aromatic carbocycles. The van der Waals surface area contributed by atoms with E-state index >= 15 is 0 Å². The highest BCUT2D eigenvalue weighted by Crippen LogP contribution is 2.04. The van der Waals surface area contributed by atoms with Gasteiger partial charge in [0, 0.05) is 24.9 Å². The summed E-state index contributed by atoms with van der Waals surface area (Å²) in [6, 6.07) is 6.04. The highest BCUT2D eigenvalue weighted by atomic mass is 16.4. The number of carbonyl (C=O) groups is 4. The molecule has 0 aliphatic carbocycles. The van der Waals surface area contributed by atoms with Gasteiger partial charge in [0.05, 0.1) is 18.9 Å². The zero-order valence-corrected chi connectivity index (χ0v) is 20.2. The minimum absolute atomic E-state index is 0.0692. The van der Waals surface area contributed by atoms with Gasteiger partial charge in [0.2, 0.25) is 17.7 Å². The Morgan fingerprint density at radius 2 is 1.76 bits per heavy atom. The summed E-state index contributed by atoms with van der Waals surface area (Å²) in [6.45, 7) is -0.290. The lowest BCUT2D eigenvalue weighted by atomic mass is 10.0.